The van der Waals surface area contributed by atoms with Gasteiger partial charge in [0, 0.05) is 0 Å². The Bertz CT molecular complexity index is 497. The molecule has 0 aliphatic carbocycles. The summed E-state index contributed by atoms with van der Waals surface area (Å²) in [5.74, 6) is -12.0. The maximum Gasteiger partial charge on any atom is 0.422 e. The average molecular weight is 311 g/mol. The van der Waals surface area contributed by atoms with E-state index in [0.717, 1.165) is 0 Å². The fourth-order valence-corrected chi connectivity index (χ4v) is 1.17. The van der Waals surface area contributed by atoms with Crippen molar-refractivity contribution in [3.8, 4) is 5.75 Å². The lowest BCUT2D eigenvalue weighted by Gasteiger charge is -2.13. The minimum Gasteiger partial charge on any atom is -0.478 e. The fourth-order valence-electron chi connectivity index (χ4n) is 1.12. The number of benzene rings is 1. The molecule has 0 spiro atoms. The largest absolute Gasteiger partial charge is 0.478 e. The summed E-state index contributed by atoms with van der Waals surface area (Å²) in [7, 11) is 0. The van der Waals surface area contributed by atoms with Crippen LogP contribution in [0, 0.1) is 23.3 Å². The van der Waals surface area contributed by atoms with Crippen molar-refractivity contribution in [3.05, 3.63) is 28.8 Å². The molecule has 0 amide bonds. The van der Waals surface area contributed by atoms with Gasteiger partial charge < -0.3 is 4.74 Å². The van der Waals surface area contributed by atoms with E-state index in [1.54, 1.807) is 0 Å². The van der Waals surface area contributed by atoms with E-state index in [0.29, 0.717) is 0 Å². The number of halogens is 8. The van der Waals surface area contributed by atoms with Crippen molar-refractivity contribution in [1.29, 1.82) is 0 Å². The van der Waals surface area contributed by atoms with Gasteiger partial charge in [0.25, 0.3) is 5.24 Å². The first-order chi connectivity index (χ1) is 8.57. The molecule has 0 fully saturated rings. The summed E-state index contributed by atoms with van der Waals surface area (Å²) < 4.78 is 92.8. The highest BCUT2D eigenvalue weighted by Gasteiger charge is 2.42. The van der Waals surface area contributed by atoms with Gasteiger partial charge in [-0.2, -0.15) is 22.0 Å². The molecule has 0 N–H and O–H groups in total. The number of alkyl halides is 3. The van der Waals surface area contributed by atoms with Crippen molar-refractivity contribution >= 4 is 16.8 Å². The molecule has 0 saturated heterocycles. The van der Waals surface area contributed by atoms with E-state index in [9.17, 15) is 35.5 Å². The van der Waals surface area contributed by atoms with Gasteiger partial charge in [0.1, 0.15) is 5.56 Å². The van der Waals surface area contributed by atoms with Crippen LogP contribution in [0.2, 0.25) is 0 Å². The van der Waals surface area contributed by atoms with Crippen LogP contribution >= 0.6 is 11.6 Å². The van der Waals surface area contributed by atoms with Gasteiger partial charge in [-0.15, -0.1) is 0 Å². The summed E-state index contributed by atoms with van der Waals surface area (Å²) in [6.45, 7) is -1.18. The van der Waals surface area contributed by atoms with Crippen LogP contribution < -0.4 is 4.74 Å². The standard InChI is InChI=1S/C9H2ClF7O2/c10-2(18)1-19-8-6(13)4(11)3(9(15,16)17)5(12)7(8)14/h1H2. The van der Waals surface area contributed by atoms with Crippen LogP contribution in [0.1, 0.15) is 5.56 Å². The van der Waals surface area contributed by atoms with Crippen LogP contribution in [0.15, 0.2) is 0 Å². The first-order valence-electron chi connectivity index (χ1n) is 4.31. The molecule has 0 saturated carbocycles. The molecule has 0 heterocycles. The molecule has 10 heteroatoms. The summed E-state index contributed by atoms with van der Waals surface area (Å²) in [5, 5.41) is -1.28. The molecule has 0 aliphatic rings. The molecule has 106 valence electrons. The van der Waals surface area contributed by atoms with Gasteiger partial charge >= 0.3 is 6.18 Å². The molecule has 19 heavy (non-hydrogen) atoms. The van der Waals surface area contributed by atoms with Crippen molar-refractivity contribution in [3.63, 3.8) is 0 Å². The zero-order valence-electron chi connectivity index (χ0n) is 8.55. The van der Waals surface area contributed by atoms with Crippen LogP contribution in [0.25, 0.3) is 0 Å². The van der Waals surface area contributed by atoms with Gasteiger partial charge in [0.15, 0.2) is 24.0 Å². The highest BCUT2D eigenvalue weighted by Crippen LogP contribution is 2.39. The smallest absolute Gasteiger partial charge is 0.422 e. The molecule has 1 aromatic carbocycles. The second kappa shape index (κ2) is 5.24. The Morgan fingerprint density at radius 1 is 1.00 bits per heavy atom. The monoisotopic (exact) mass is 310 g/mol. The van der Waals surface area contributed by atoms with Crippen LogP contribution in [-0.4, -0.2) is 11.8 Å². The number of hydrogen-bond donors (Lipinski definition) is 0. The molecular formula is C9H2ClF7O2. The Kier molecular flexibility index (Phi) is 4.28. The van der Waals surface area contributed by atoms with E-state index < -0.39 is 52.6 Å². The number of carbonyl (C=O) groups excluding carboxylic acids is 1. The summed E-state index contributed by atoms with van der Waals surface area (Å²) in [5.41, 5.74) is -2.73. The Labute approximate surface area is 105 Å². The van der Waals surface area contributed by atoms with Crippen LogP contribution in [0.5, 0.6) is 5.75 Å². The Morgan fingerprint density at radius 3 is 1.74 bits per heavy atom. The van der Waals surface area contributed by atoms with E-state index in [1.165, 1.54) is 0 Å². The van der Waals surface area contributed by atoms with Gasteiger partial charge in [-0.25, -0.2) is 8.78 Å². The third-order valence-electron chi connectivity index (χ3n) is 1.84. The van der Waals surface area contributed by atoms with Gasteiger partial charge in [-0.1, -0.05) is 0 Å². The highest BCUT2D eigenvalue weighted by atomic mass is 35.5. The maximum atomic E-state index is 13.1. The minimum atomic E-state index is -5.64. The first kappa shape index (κ1) is 15.5. The van der Waals surface area contributed by atoms with Crippen LogP contribution in [0.3, 0.4) is 0 Å². The molecule has 0 aromatic heterocycles. The predicted molar refractivity (Wildman–Crippen MR) is 47.6 cm³/mol. The molecular weight excluding hydrogens is 309 g/mol. The number of ether oxygens (including phenoxy) is 1. The van der Waals surface area contributed by atoms with Crippen molar-refractivity contribution in [2.45, 2.75) is 6.18 Å². The van der Waals surface area contributed by atoms with E-state index in [1.807, 2.05) is 0 Å². The maximum absolute atomic E-state index is 13.1. The van der Waals surface area contributed by atoms with Gasteiger partial charge in [-0.05, 0) is 11.6 Å². The van der Waals surface area contributed by atoms with E-state index in [2.05, 4.69) is 4.74 Å². The second-order valence-corrected chi connectivity index (χ2v) is 3.52. The van der Waals surface area contributed by atoms with Crippen molar-refractivity contribution < 1.29 is 40.3 Å². The first-order valence-corrected chi connectivity index (χ1v) is 4.69. The summed E-state index contributed by atoms with van der Waals surface area (Å²) in [6.07, 6.45) is -5.64. The Balaban J connectivity index is 3.43. The van der Waals surface area contributed by atoms with Crippen LogP contribution in [-0.2, 0) is 11.0 Å². The molecule has 0 unspecified atom stereocenters. The lowest BCUT2D eigenvalue weighted by molar-refractivity contribution is -0.143. The quantitative estimate of drug-likeness (QED) is 0.486. The molecule has 0 radical (unpaired) electrons. The predicted octanol–water partition coefficient (Wildman–Crippen LogP) is 3.41. The van der Waals surface area contributed by atoms with E-state index in [-0.39, 0.29) is 0 Å². The van der Waals surface area contributed by atoms with Crippen molar-refractivity contribution in [1.82, 2.24) is 0 Å². The normalized spacial score (nSPS) is 11.6. The summed E-state index contributed by atoms with van der Waals surface area (Å²) in [4.78, 5) is 10.3. The number of carbonyl (C=O) groups is 1. The second-order valence-electron chi connectivity index (χ2n) is 3.10. The molecule has 2 nitrogen and oxygen atoms in total. The third kappa shape index (κ3) is 3.09. The van der Waals surface area contributed by atoms with Gasteiger partial charge in [-0.3, -0.25) is 4.79 Å². The molecule has 1 aromatic rings. The van der Waals surface area contributed by atoms with E-state index in [4.69, 9.17) is 11.6 Å². The summed E-state index contributed by atoms with van der Waals surface area (Å²) >= 11 is 4.74. The summed E-state index contributed by atoms with van der Waals surface area (Å²) in [6, 6.07) is 0. The fraction of sp³-hybridized carbons (Fsp3) is 0.222. The lowest BCUT2D eigenvalue weighted by Crippen LogP contribution is -2.17. The molecule has 0 atom stereocenters. The average Bonchev–Trinajstić information content (AvgIpc) is 2.24. The SMILES string of the molecule is O=C(Cl)COc1c(F)c(F)c(C(F)(F)F)c(F)c1F. The highest BCUT2D eigenvalue weighted by molar-refractivity contribution is 6.63. The Hall–Kier alpha value is -1.51. The van der Waals surface area contributed by atoms with Gasteiger partial charge in [0.2, 0.25) is 11.6 Å². The minimum absolute atomic E-state index is 1.18. The van der Waals surface area contributed by atoms with Crippen molar-refractivity contribution in [2.24, 2.45) is 0 Å². The zero-order chi connectivity index (χ0) is 15.0. The van der Waals surface area contributed by atoms with Gasteiger partial charge in [0.05, 0.1) is 0 Å². The molecule has 0 aliphatic heterocycles. The van der Waals surface area contributed by atoms with Crippen LogP contribution in [0.4, 0.5) is 30.7 Å². The number of rotatable bonds is 3. The number of hydrogen-bond acceptors (Lipinski definition) is 2. The zero-order valence-corrected chi connectivity index (χ0v) is 9.30. The molecule has 1 rings (SSSR count). The molecule has 0 bridgehead atoms. The third-order valence-corrected chi connectivity index (χ3v) is 1.95. The Morgan fingerprint density at radius 2 is 1.42 bits per heavy atom. The van der Waals surface area contributed by atoms with Crippen molar-refractivity contribution in [2.75, 3.05) is 6.61 Å². The topological polar surface area (TPSA) is 26.3 Å². The van der Waals surface area contributed by atoms with E-state index >= 15 is 0 Å². The lowest BCUT2D eigenvalue weighted by atomic mass is 10.1.